The fraction of sp³-hybridized carbons (Fsp3) is 1.00. The molecule has 0 bridgehead atoms. The van der Waals surface area contributed by atoms with Crippen molar-refractivity contribution in [3.63, 3.8) is 0 Å². The van der Waals surface area contributed by atoms with Gasteiger partial charge in [0.2, 0.25) is 0 Å². The lowest BCUT2D eigenvalue weighted by molar-refractivity contribution is -0.0798. The molecule has 0 rings (SSSR count). The lowest BCUT2D eigenvalue weighted by Crippen LogP contribution is -2.45. The van der Waals surface area contributed by atoms with Gasteiger partial charge in [0.05, 0.1) is 18.6 Å². The largest absolute Gasteiger partial charge is 0.395 e. The Labute approximate surface area is 74.8 Å². The van der Waals surface area contributed by atoms with Crippen LogP contribution in [-0.4, -0.2) is 62.4 Å². The molecule has 6 heteroatoms. The maximum Gasteiger partial charge on any atom is 0.109 e. The highest BCUT2D eigenvalue weighted by molar-refractivity contribution is 6.21. The van der Waals surface area contributed by atoms with Crippen LogP contribution in [0.3, 0.4) is 0 Å². The molecule has 0 aliphatic heterocycles. The molecular formula is C6H13ClO5. The predicted molar refractivity (Wildman–Crippen MR) is 41.8 cm³/mol. The van der Waals surface area contributed by atoms with E-state index in [0.717, 1.165) is 0 Å². The predicted octanol–water partition coefficient (Wildman–Crippen LogP) is -2.34. The second-order valence-electron chi connectivity index (χ2n) is 2.43. The van der Waals surface area contributed by atoms with Gasteiger partial charge >= 0.3 is 0 Å². The van der Waals surface area contributed by atoms with E-state index in [9.17, 15) is 0 Å². The van der Waals surface area contributed by atoms with Crippen molar-refractivity contribution in [2.24, 2.45) is 0 Å². The van der Waals surface area contributed by atoms with Crippen LogP contribution in [-0.2, 0) is 0 Å². The van der Waals surface area contributed by atoms with E-state index in [4.69, 9.17) is 37.1 Å². The summed E-state index contributed by atoms with van der Waals surface area (Å²) in [5.41, 5.74) is 0. The van der Waals surface area contributed by atoms with Gasteiger partial charge in [-0.05, 0) is 0 Å². The lowest BCUT2D eigenvalue weighted by Gasteiger charge is -2.23. The van der Waals surface area contributed by atoms with Crippen molar-refractivity contribution in [2.45, 2.75) is 23.7 Å². The Bertz CT molecular complexity index is 109. The summed E-state index contributed by atoms with van der Waals surface area (Å²) in [5.74, 6) is 0. The van der Waals surface area contributed by atoms with Crippen LogP contribution >= 0.6 is 11.6 Å². The third kappa shape index (κ3) is 3.22. The molecule has 5 nitrogen and oxygen atoms in total. The van der Waals surface area contributed by atoms with Gasteiger partial charge in [0, 0.05) is 0 Å². The lowest BCUT2D eigenvalue weighted by atomic mass is 10.1. The summed E-state index contributed by atoms with van der Waals surface area (Å²) in [6.07, 6.45) is -4.46. The smallest absolute Gasteiger partial charge is 0.109 e. The van der Waals surface area contributed by atoms with Crippen LogP contribution in [0, 0.1) is 0 Å². The molecule has 0 saturated heterocycles. The van der Waals surface area contributed by atoms with E-state index in [1.54, 1.807) is 0 Å². The first-order chi connectivity index (χ1) is 5.54. The minimum atomic E-state index is -1.55. The van der Waals surface area contributed by atoms with E-state index in [1.807, 2.05) is 0 Å². The summed E-state index contributed by atoms with van der Waals surface area (Å²) < 4.78 is 0. The van der Waals surface area contributed by atoms with Gasteiger partial charge in [-0.3, -0.25) is 0 Å². The summed E-state index contributed by atoms with van der Waals surface area (Å²) >= 11 is 5.36. The van der Waals surface area contributed by atoms with Crippen molar-refractivity contribution < 1.29 is 25.5 Å². The van der Waals surface area contributed by atoms with Gasteiger partial charge in [-0.25, -0.2) is 0 Å². The number of aliphatic hydroxyl groups excluding tert-OH is 5. The van der Waals surface area contributed by atoms with E-state index >= 15 is 0 Å². The van der Waals surface area contributed by atoms with E-state index < -0.39 is 36.9 Å². The van der Waals surface area contributed by atoms with Crippen LogP contribution in [0.25, 0.3) is 0 Å². The Hall–Kier alpha value is 0.0900. The average Bonchev–Trinajstić information content (AvgIpc) is 2.12. The van der Waals surface area contributed by atoms with Crippen LogP contribution in [0.1, 0.15) is 0 Å². The van der Waals surface area contributed by atoms with Crippen LogP contribution in [0.15, 0.2) is 0 Å². The van der Waals surface area contributed by atoms with E-state index in [1.165, 1.54) is 0 Å². The Kier molecular flexibility index (Phi) is 5.73. The van der Waals surface area contributed by atoms with Crippen LogP contribution in [0.2, 0.25) is 0 Å². The maximum absolute atomic E-state index is 9.07. The SMILES string of the molecule is OC[C@@H](O)[C@@H](O)[C@H](O)[C@@H](Cl)CO. The van der Waals surface area contributed by atoms with Gasteiger partial charge in [0.15, 0.2) is 0 Å². The number of alkyl halides is 1. The molecule has 0 heterocycles. The molecule has 0 aromatic heterocycles. The van der Waals surface area contributed by atoms with Crippen molar-refractivity contribution >= 4 is 11.6 Å². The zero-order chi connectivity index (χ0) is 9.72. The number of hydrogen-bond donors (Lipinski definition) is 5. The Morgan fingerprint density at radius 2 is 1.42 bits per heavy atom. The molecule has 0 fully saturated rings. The topological polar surface area (TPSA) is 101 Å². The molecule has 74 valence electrons. The summed E-state index contributed by atoms with van der Waals surface area (Å²) in [4.78, 5) is 0. The highest BCUT2D eigenvalue weighted by Crippen LogP contribution is 2.09. The zero-order valence-electron chi connectivity index (χ0n) is 6.34. The summed E-state index contributed by atoms with van der Waals surface area (Å²) in [6.45, 7) is -1.19. The van der Waals surface area contributed by atoms with E-state index in [0.29, 0.717) is 0 Å². The molecular weight excluding hydrogens is 188 g/mol. The maximum atomic E-state index is 9.07. The third-order valence-electron chi connectivity index (χ3n) is 1.48. The Morgan fingerprint density at radius 1 is 0.917 bits per heavy atom. The number of hydrogen-bond acceptors (Lipinski definition) is 5. The monoisotopic (exact) mass is 200 g/mol. The summed E-state index contributed by atoms with van der Waals surface area (Å²) in [7, 11) is 0. The van der Waals surface area contributed by atoms with Crippen molar-refractivity contribution in [1.82, 2.24) is 0 Å². The van der Waals surface area contributed by atoms with Crippen LogP contribution in [0.5, 0.6) is 0 Å². The molecule has 0 aliphatic carbocycles. The fourth-order valence-corrected chi connectivity index (χ4v) is 0.807. The molecule has 0 spiro atoms. The quantitative estimate of drug-likeness (QED) is 0.320. The molecule has 5 N–H and O–H groups in total. The minimum absolute atomic E-state index is 0.516. The number of aliphatic hydroxyl groups is 5. The third-order valence-corrected chi connectivity index (χ3v) is 1.87. The van der Waals surface area contributed by atoms with E-state index in [2.05, 4.69) is 0 Å². The van der Waals surface area contributed by atoms with Crippen molar-refractivity contribution in [1.29, 1.82) is 0 Å². The minimum Gasteiger partial charge on any atom is -0.395 e. The Balaban J connectivity index is 3.99. The molecule has 0 unspecified atom stereocenters. The molecule has 4 atom stereocenters. The standard InChI is InChI=1S/C6H13ClO5/c7-3(1-8)5(11)6(12)4(10)2-9/h3-6,8-12H,1-2H2/t3-,4+,5+,6+/m0/s1. The second-order valence-corrected chi connectivity index (χ2v) is 2.99. The molecule has 0 aromatic carbocycles. The molecule has 12 heavy (non-hydrogen) atoms. The van der Waals surface area contributed by atoms with Gasteiger partial charge in [-0.2, -0.15) is 0 Å². The van der Waals surface area contributed by atoms with Gasteiger partial charge in [0.25, 0.3) is 0 Å². The first-order valence-corrected chi connectivity index (χ1v) is 3.88. The van der Waals surface area contributed by atoms with E-state index in [-0.39, 0.29) is 0 Å². The van der Waals surface area contributed by atoms with Crippen molar-refractivity contribution in [3.05, 3.63) is 0 Å². The highest BCUT2D eigenvalue weighted by atomic mass is 35.5. The number of rotatable bonds is 5. The average molecular weight is 201 g/mol. The number of halogens is 1. The van der Waals surface area contributed by atoms with Gasteiger partial charge in [0.1, 0.15) is 18.3 Å². The summed E-state index contributed by atoms with van der Waals surface area (Å²) in [5, 5.41) is 42.7. The molecule has 0 radical (unpaired) electrons. The Morgan fingerprint density at radius 3 is 1.75 bits per heavy atom. The van der Waals surface area contributed by atoms with Gasteiger partial charge < -0.3 is 25.5 Å². The molecule has 0 saturated carbocycles. The molecule has 0 aromatic rings. The van der Waals surface area contributed by atoms with Gasteiger partial charge in [-0.1, -0.05) is 0 Å². The van der Waals surface area contributed by atoms with Crippen LogP contribution in [0.4, 0.5) is 0 Å². The van der Waals surface area contributed by atoms with Crippen LogP contribution < -0.4 is 0 Å². The normalized spacial score (nSPS) is 21.5. The first-order valence-electron chi connectivity index (χ1n) is 3.44. The van der Waals surface area contributed by atoms with Crippen molar-refractivity contribution in [3.8, 4) is 0 Å². The van der Waals surface area contributed by atoms with Gasteiger partial charge in [-0.15, -0.1) is 11.6 Å². The summed E-state index contributed by atoms with van der Waals surface area (Å²) in [6, 6.07) is 0. The highest BCUT2D eigenvalue weighted by Gasteiger charge is 2.29. The fourth-order valence-electron chi connectivity index (χ4n) is 0.658. The van der Waals surface area contributed by atoms with Crippen molar-refractivity contribution in [2.75, 3.05) is 13.2 Å². The first kappa shape index (κ1) is 12.1. The zero-order valence-corrected chi connectivity index (χ0v) is 7.09. The molecule has 0 aliphatic rings. The molecule has 0 amide bonds. The second kappa shape index (κ2) is 5.69.